The maximum absolute atomic E-state index is 10.8. The Morgan fingerprint density at radius 3 is 1.37 bits per heavy atom. The molecule has 5 heteroatoms. The standard InChI is InChI=1S/C22H18N2O3/c25-19-10-4-1-7-16(19)22(24-14-13-23-15-24,17-8-2-5-11-20(17)26)18-9-3-6-12-21(18)27/h1-15,25-27H. The zero-order chi connectivity index (χ0) is 18.9. The van der Waals surface area contributed by atoms with E-state index in [0.29, 0.717) is 16.7 Å². The summed E-state index contributed by atoms with van der Waals surface area (Å²) in [6.45, 7) is 0. The Labute approximate surface area is 156 Å². The van der Waals surface area contributed by atoms with E-state index in [1.807, 2.05) is 0 Å². The monoisotopic (exact) mass is 358 g/mol. The minimum Gasteiger partial charge on any atom is -0.508 e. The molecule has 0 saturated carbocycles. The van der Waals surface area contributed by atoms with E-state index in [9.17, 15) is 15.3 Å². The second-order valence-corrected chi connectivity index (χ2v) is 6.23. The minimum absolute atomic E-state index is 0.0395. The molecule has 0 amide bonds. The second-order valence-electron chi connectivity index (χ2n) is 6.23. The number of phenolic OH excluding ortho intramolecular Hbond substituents is 3. The molecule has 0 spiro atoms. The third kappa shape index (κ3) is 2.52. The number of para-hydroxylation sites is 3. The van der Waals surface area contributed by atoms with Crippen LogP contribution in [0.25, 0.3) is 0 Å². The first-order chi connectivity index (χ1) is 13.2. The van der Waals surface area contributed by atoms with Gasteiger partial charge in [0.05, 0.1) is 6.33 Å². The average Bonchev–Trinajstić information content (AvgIpc) is 3.21. The molecule has 1 heterocycles. The van der Waals surface area contributed by atoms with Crippen LogP contribution in [0.5, 0.6) is 17.2 Å². The summed E-state index contributed by atoms with van der Waals surface area (Å²) in [4.78, 5) is 4.17. The number of rotatable bonds is 4. The number of nitrogens with zero attached hydrogens (tertiary/aromatic N) is 2. The Kier molecular flexibility index (Phi) is 4.05. The van der Waals surface area contributed by atoms with Crippen LogP contribution in [0.4, 0.5) is 0 Å². The third-order valence-corrected chi connectivity index (χ3v) is 4.77. The van der Waals surface area contributed by atoms with Crippen molar-refractivity contribution >= 4 is 0 Å². The number of imidazole rings is 1. The maximum Gasteiger partial charge on any atom is 0.132 e. The molecule has 0 aliphatic rings. The summed E-state index contributed by atoms with van der Waals surface area (Å²) >= 11 is 0. The number of phenols is 3. The Balaban J connectivity index is 2.23. The lowest BCUT2D eigenvalue weighted by Gasteiger charge is -2.38. The molecule has 0 unspecified atom stereocenters. The van der Waals surface area contributed by atoms with Crippen LogP contribution in [0.15, 0.2) is 91.5 Å². The molecule has 3 aromatic carbocycles. The van der Waals surface area contributed by atoms with Crippen molar-refractivity contribution in [3.63, 3.8) is 0 Å². The van der Waals surface area contributed by atoms with Gasteiger partial charge in [-0.2, -0.15) is 0 Å². The van der Waals surface area contributed by atoms with E-state index in [0.717, 1.165) is 0 Å². The van der Waals surface area contributed by atoms with Crippen molar-refractivity contribution in [3.05, 3.63) is 108 Å². The van der Waals surface area contributed by atoms with Crippen molar-refractivity contribution < 1.29 is 15.3 Å². The largest absolute Gasteiger partial charge is 0.508 e. The Hall–Kier alpha value is -3.73. The number of hydrogen-bond donors (Lipinski definition) is 3. The molecule has 4 rings (SSSR count). The highest BCUT2D eigenvalue weighted by molar-refractivity contribution is 5.61. The summed E-state index contributed by atoms with van der Waals surface area (Å²) in [7, 11) is 0. The molecular weight excluding hydrogens is 340 g/mol. The number of aromatic nitrogens is 2. The summed E-state index contributed by atoms with van der Waals surface area (Å²) in [6.07, 6.45) is 4.96. The van der Waals surface area contributed by atoms with Crippen molar-refractivity contribution in [3.8, 4) is 17.2 Å². The second kappa shape index (κ2) is 6.53. The maximum atomic E-state index is 10.8. The molecule has 134 valence electrons. The first kappa shape index (κ1) is 16.7. The van der Waals surface area contributed by atoms with E-state index in [1.54, 1.807) is 96.1 Å². The topological polar surface area (TPSA) is 78.5 Å². The van der Waals surface area contributed by atoms with E-state index in [2.05, 4.69) is 4.98 Å². The van der Waals surface area contributed by atoms with Crippen molar-refractivity contribution in [1.29, 1.82) is 0 Å². The molecule has 0 radical (unpaired) electrons. The molecule has 0 saturated heterocycles. The fraction of sp³-hybridized carbons (Fsp3) is 0.0455. The summed E-state index contributed by atoms with van der Waals surface area (Å²) in [6, 6.07) is 20.7. The van der Waals surface area contributed by atoms with Gasteiger partial charge in [0.15, 0.2) is 0 Å². The molecule has 0 fully saturated rings. The lowest BCUT2D eigenvalue weighted by Crippen LogP contribution is -2.37. The molecule has 1 aromatic heterocycles. The molecular formula is C22H18N2O3. The first-order valence-corrected chi connectivity index (χ1v) is 8.49. The van der Waals surface area contributed by atoms with Gasteiger partial charge in [-0.15, -0.1) is 0 Å². The smallest absolute Gasteiger partial charge is 0.132 e. The van der Waals surface area contributed by atoms with Gasteiger partial charge in [-0.05, 0) is 18.2 Å². The summed E-state index contributed by atoms with van der Waals surface area (Å²) in [5, 5.41) is 32.3. The van der Waals surface area contributed by atoms with Crippen molar-refractivity contribution in [2.24, 2.45) is 0 Å². The SMILES string of the molecule is Oc1ccccc1C(c1ccccc1O)(c1ccccc1O)n1ccnc1. The molecule has 0 aliphatic carbocycles. The molecule has 27 heavy (non-hydrogen) atoms. The van der Waals surface area contributed by atoms with Crippen LogP contribution in [0, 0.1) is 0 Å². The zero-order valence-corrected chi connectivity index (χ0v) is 14.4. The van der Waals surface area contributed by atoms with Crippen LogP contribution < -0.4 is 0 Å². The van der Waals surface area contributed by atoms with Gasteiger partial charge in [0.25, 0.3) is 0 Å². The predicted octanol–water partition coefficient (Wildman–Crippen LogP) is 3.84. The van der Waals surface area contributed by atoms with Crippen LogP contribution in [-0.2, 0) is 5.54 Å². The van der Waals surface area contributed by atoms with E-state index < -0.39 is 5.54 Å². The normalized spacial score (nSPS) is 11.4. The van der Waals surface area contributed by atoms with Crippen LogP contribution in [-0.4, -0.2) is 24.9 Å². The summed E-state index contributed by atoms with van der Waals surface area (Å²) in [5.41, 5.74) is 0.293. The van der Waals surface area contributed by atoms with E-state index >= 15 is 0 Å². The molecule has 4 aromatic rings. The van der Waals surface area contributed by atoms with Crippen molar-refractivity contribution in [1.82, 2.24) is 9.55 Å². The molecule has 3 N–H and O–H groups in total. The summed E-state index contributed by atoms with van der Waals surface area (Å²) < 4.78 is 1.77. The summed E-state index contributed by atoms with van der Waals surface area (Å²) in [5.74, 6) is 0.119. The van der Waals surface area contributed by atoms with Crippen LogP contribution >= 0.6 is 0 Å². The van der Waals surface area contributed by atoms with Crippen LogP contribution in [0.2, 0.25) is 0 Å². The minimum atomic E-state index is -1.22. The molecule has 0 bridgehead atoms. The Morgan fingerprint density at radius 2 is 1.04 bits per heavy atom. The zero-order valence-electron chi connectivity index (χ0n) is 14.4. The number of benzene rings is 3. The predicted molar refractivity (Wildman–Crippen MR) is 102 cm³/mol. The Bertz CT molecular complexity index is 963. The van der Waals surface area contributed by atoms with Gasteiger partial charge in [0.1, 0.15) is 22.8 Å². The lowest BCUT2D eigenvalue weighted by atomic mass is 9.75. The van der Waals surface area contributed by atoms with Gasteiger partial charge in [0, 0.05) is 29.1 Å². The van der Waals surface area contributed by atoms with E-state index in [1.165, 1.54) is 0 Å². The van der Waals surface area contributed by atoms with Gasteiger partial charge in [-0.3, -0.25) is 0 Å². The fourth-order valence-corrected chi connectivity index (χ4v) is 3.65. The fourth-order valence-electron chi connectivity index (χ4n) is 3.65. The number of aromatic hydroxyl groups is 3. The quantitative estimate of drug-likeness (QED) is 0.484. The lowest BCUT2D eigenvalue weighted by molar-refractivity contribution is 0.396. The van der Waals surface area contributed by atoms with E-state index in [-0.39, 0.29) is 17.2 Å². The van der Waals surface area contributed by atoms with Gasteiger partial charge in [-0.1, -0.05) is 54.6 Å². The molecule has 0 aliphatic heterocycles. The van der Waals surface area contributed by atoms with E-state index in [4.69, 9.17) is 0 Å². The van der Waals surface area contributed by atoms with Crippen molar-refractivity contribution in [2.45, 2.75) is 5.54 Å². The highest BCUT2D eigenvalue weighted by Crippen LogP contribution is 2.49. The van der Waals surface area contributed by atoms with Gasteiger partial charge >= 0.3 is 0 Å². The highest BCUT2D eigenvalue weighted by Gasteiger charge is 2.43. The molecule has 0 atom stereocenters. The highest BCUT2D eigenvalue weighted by atomic mass is 16.3. The van der Waals surface area contributed by atoms with Crippen LogP contribution in [0.3, 0.4) is 0 Å². The van der Waals surface area contributed by atoms with Crippen molar-refractivity contribution in [2.75, 3.05) is 0 Å². The Morgan fingerprint density at radius 1 is 0.630 bits per heavy atom. The third-order valence-electron chi connectivity index (χ3n) is 4.77. The molecule has 5 nitrogen and oxygen atoms in total. The van der Waals surface area contributed by atoms with Gasteiger partial charge < -0.3 is 19.9 Å². The number of hydrogen-bond acceptors (Lipinski definition) is 4. The van der Waals surface area contributed by atoms with Gasteiger partial charge in [-0.25, -0.2) is 4.98 Å². The first-order valence-electron chi connectivity index (χ1n) is 8.49. The average molecular weight is 358 g/mol. The van der Waals surface area contributed by atoms with Crippen LogP contribution in [0.1, 0.15) is 16.7 Å². The van der Waals surface area contributed by atoms with Gasteiger partial charge in [0.2, 0.25) is 0 Å².